The lowest BCUT2D eigenvalue weighted by Crippen LogP contribution is -2.21. The van der Waals surface area contributed by atoms with Crippen molar-refractivity contribution in [1.82, 2.24) is 15.3 Å². The number of alkyl carbamates (subject to hydrolysis) is 1. The van der Waals surface area contributed by atoms with Crippen LogP contribution in [-0.2, 0) is 4.74 Å². The van der Waals surface area contributed by atoms with Crippen LogP contribution in [0.25, 0.3) is 11.3 Å². The number of hydrogen-bond acceptors (Lipinski definition) is 4. The lowest BCUT2D eigenvalue weighted by Gasteiger charge is -2.18. The summed E-state index contributed by atoms with van der Waals surface area (Å²) in [6.07, 6.45) is 1.42. The van der Waals surface area contributed by atoms with Crippen molar-refractivity contribution in [3.63, 3.8) is 0 Å². The quantitative estimate of drug-likeness (QED) is 0.725. The van der Waals surface area contributed by atoms with Gasteiger partial charge in [0.2, 0.25) is 5.95 Å². The van der Waals surface area contributed by atoms with Crippen LogP contribution in [0.5, 0.6) is 0 Å². The minimum absolute atomic E-state index is 0.147. The van der Waals surface area contributed by atoms with Gasteiger partial charge in [-0.3, -0.25) is 4.98 Å². The summed E-state index contributed by atoms with van der Waals surface area (Å²) in [5, 5.41) is 2.57. The highest BCUT2D eigenvalue weighted by atomic mass is 19.1. The van der Waals surface area contributed by atoms with E-state index < -0.39 is 30.0 Å². The van der Waals surface area contributed by atoms with Crippen LogP contribution in [0.1, 0.15) is 23.3 Å². The van der Waals surface area contributed by atoms with E-state index in [0.717, 1.165) is 0 Å². The van der Waals surface area contributed by atoms with Crippen molar-refractivity contribution in [2.45, 2.75) is 12.1 Å². The van der Waals surface area contributed by atoms with E-state index in [1.54, 1.807) is 36.5 Å². The zero-order valence-electron chi connectivity index (χ0n) is 13.4. The minimum Gasteiger partial charge on any atom is -0.439 e. The first-order chi connectivity index (χ1) is 12.6. The van der Waals surface area contributed by atoms with Crippen LogP contribution in [-0.4, -0.2) is 16.1 Å². The summed E-state index contributed by atoms with van der Waals surface area (Å²) in [6.45, 7) is 0. The number of halogens is 2. The molecule has 1 aromatic carbocycles. The molecule has 1 fully saturated rings. The van der Waals surface area contributed by atoms with Crippen LogP contribution in [0.3, 0.4) is 0 Å². The molecule has 0 spiro atoms. The average Bonchev–Trinajstić information content (AvgIpc) is 3.04. The summed E-state index contributed by atoms with van der Waals surface area (Å²) in [5.41, 5.74) is 1.79. The second-order valence-corrected chi connectivity index (χ2v) is 5.82. The van der Waals surface area contributed by atoms with Crippen LogP contribution in [0.2, 0.25) is 0 Å². The first-order valence-electron chi connectivity index (χ1n) is 7.91. The largest absolute Gasteiger partial charge is 0.439 e. The van der Waals surface area contributed by atoms with Gasteiger partial charge in [-0.05, 0) is 35.9 Å². The van der Waals surface area contributed by atoms with E-state index in [2.05, 4.69) is 15.3 Å². The summed E-state index contributed by atoms with van der Waals surface area (Å²) < 4.78 is 33.2. The molecular weight excluding hydrogens is 340 g/mol. The molecule has 1 aliphatic heterocycles. The van der Waals surface area contributed by atoms with Gasteiger partial charge in [-0.25, -0.2) is 14.2 Å². The number of nitrogens with one attached hydrogen (secondary N) is 1. The predicted molar refractivity (Wildman–Crippen MR) is 88.9 cm³/mol. The smallest absolute Gasteiger partial charge is 0.408 e. The van der Waals surface area contributed by atoms with Crippen LogP contribution >= 0.6 is 0 Å². The molecule has 26 heavy (non-hydrogen) atoms. The molecule has 0 radical (unpaired) electrons. The molecule has 5 nitrogen and oxygen atoms in total. The summed E-state index contributed by atoms with van der Waals surface area (Å²) in [4.78, 5) is 19.8. The fourth-order valence-electron chi connectivity index (χ4n) is 2.96. The van der Waals surface area contributed by atoms with E-state index >= 15 is 0 Å². The molecule has 4 rings (SSSR count). The van der Waals surface area contributed by atoms with E-state index in [-0.39, 0.29) is 5.56 Å². The normalized spacial score (nSPS) is 19.1. The Morgan fingerprint density at radius 3 is 2.69 bits per heavy atom. The number of rotatable bonds is 3. The zero-order chi connectivity index (χ0) is 18.1. The highest BCUT2D eigenvalue weighted by Gasteiger charge is 2.38. The Morgan fingerprint density at radius 1 is 1.04 bits per heavy atom. The van der Waals surface area contributed by atoms with Crippen molar-refractivity contribution in [2.75, 3.05) is 0 Å². The zero-order valence-corrected chi connectivity index (χ0v) is 13.4. The Hall–Kier alpha value is -3.35. The fraction of sp³-hybridized carbons (Fsp3) is 0.105. The third-order valence-electron chi connectivity index (χ3n) is 4.15. The molecule has 7 heteroatoms. The van der Waals surface area contributed by atoms with Gasteiger partial charge in [-0.15, -0.1) is 0 Å². The third-order valence-corrected chi connectivity index (χ3v) is 4.15. The van der Waals surface area contributed by atoms with Gasteiger partial charge in [0.05, 0.1) is 5.69 Å². The maximum absolute atomic E-state index is 14.4. The molecule has 0 bridgehead atoms. The molecule has 1 aliphatic rings. The molecule has 2 atom stereocenters. The molecule has 130 valence electrons. The summed E-state index contributed by atoms with van der Waals surface area (Å²) in [6, 6.07) is 11.7. The SMILES string of the molecule is O=C1N[C@H](c2cc(-c3ccccn3)cnc2F)[C@@H](c2cccc(F)c2)O1. The number of pyridine rings is 2. The molecule has 2 aromatic heterocycles. The average molecular weight is 353 g/mol. The fourth-order valence-corrected chi connectivity index (χ4v) is 2.96. The standard InChI is InChI=1S/C19H13F2N3O2/c20-13-5-3-4-11(8-13)17-16(24-19(25)26-17)14-9-12(10-23-18(14)21)15-6-1-2-7-22-15/h1-10,16-17H,(H,24,25)/t16-,17-/m1/s1. The number of nitrogens with zero attached hydrogens (tertiary/aromatic N) is 2. The maximum atomic E-state index is 14.4. The molecule has 1 N–H and O–H groups in total. The van der Waals surface area contributed by atoms with Gasteiger partial charge in [0.1, 0.15) is 11.9 Å². The van der Waals surface area contributed by atoms with Crippen molar-refractivity contribution in [3.8, 4) is 11.3 Å². The van der Waals surface area contributed by atoms with E-state index in [1.807, 2.05) is 0 Å². The van der Waals surface area contributed by atoms with Gasteiger partial charge < -0.3 is 10.1 Å². The van der Waals surface area contributed by atoms with Crippen molar-refractivity contribution >= 4 is 6.09 Å². The summed E-state index contributed by atoms with van der Waals surface area (Å²) in [5.74, 6) is -1.20. The van der Waals surface area contributed by atoms with Gasteiger partial charge in [0.25, 0.3) is 0 Å². The Kier molecular flexibility index (Phi) is 4.04. The summed E-state index contributed by atoms with van der Waals surface area (Å²) >= 11 is 0. The molecular formula is C19H13F2N3O2. The number of benzene rings is 1. The Bertz CT molecular complexity index is 966. The lowest BCUT2D eigenvalue weighted by molar-refractivity contribution is 0.131. The number of amides is 1. The first kappa shape index (κ1) is 16.1. The maximum Gasteiger partial charge on any atom is 0.408 e. The molecule has 3 aromatic rings. The second kappa shape index (κ2) is 6.51. The molecule has 3 heterocycles. The van der Waals surface area contributed by atoms with Gasteiger partial charge >= 0.3 is 6.09 Å². The van der Waals surface area contributed by atoms with E-state index in [0.29, 0.717) is 16.8 Å². The van der Waals surface area contributed by atoms with Crippen LogP contribution in [0.4, 0.5) is 13.6 Å². The van der Waals surface area contributed by atoms with Gasteiger partial charge in [-0.1, -0.05) is 18.2 Å². The van der Waals surface area contributed by atoms with Crippen LogP contribution < -0.4 is 5.32 Å². The number of aromatic nitrogens is 2. The topological polar surface area (TPSA) is 64.1 Å². The minimum atomic E-state index is -0.867. The van der Waals surface area contributed by atoms with E-state index in [9.17, 15) is 13.6 Å². The van der Waals surface area contributed by atoms with Gasteiger partial charge in [0.15, 0.2) is 6.10 Å². The summed E-state index contributed by atoms with van der Waals surface area (Å²) in [7, 11) is 0. The molecule has 0 saturated carbocycles. The molecule has 0 aliphatic carbocycles. The number of ether oxygens (including phenoxy) is 1. The Labute approximate surface area is 147 Å². The van der Waals surface area contributed by atoms with Crippen molar-refractivity contribution in [2.24, 2.45) is 0 Å². The van der Waals surface area contributed by atoms with Gasteiger partial charge in [0, 0.05) is 23.5 Å². The second-order valence-electron chi connectivity index (χ2n) is 5.82. The number of hydrogen-bond donors (Lipinski definition) is 1. The molecule has 1 amide bonds. The lowest BCUT2D eigenvalue weighted by atomic mass is 9.96. The van der Waals surface area contributed by atoms with Crippen molar-refractivity contribution in [1.29, 1.82) is 0 Å². The van der Waals surface area contributed by atoms with Crippen molar-refractivity contribution in [3.05, 3.63) is 83.8 Å². The monoisotopic (exact) mass is 353 g/mol. The van der Waals surface area contributed by atoms with E-state index in [1.165, 1.54) is 24.4 Å². The van der Waals surface area contributed by atoms with Crippen LogP contribution in [0, 0.1) is 11.8 Å². The predicted octanol–water partition coefficient (Wildman–Crippen LogP) is 3.94. The Morgan fingerprint density at radius 2 is 1.92 bits per heavy atom. The van der Waals surface area contributed by atoms with Gasteiger partial charge in [-0.2, -0.15) is 4.39 Å². The highest BCUT2D eigenvalue weighted by Crippen LogP contribution is 2.38. The number of carbonyl (C=O) groups is 1. The molecule has 0 unspecified atom stereocenters. The van der Waals surface area contributed by atoms with Crippen molar-refractivity contribution < 1.29 is 18.3 Å². The first-order valence-corrected chi connectivity index (χ1v) is 7.91. The molecule has 1 saturated heterocycles. The van der Waals surface area contributed by atoms with E-state index in [4.69, 9.17) is 4.74 Å². The Balaban J connectivity index is 1.76. The number of cyclic esters (lactones) is 1. The van der Waals surface area contributed by atoms with Crippen LogP contribution in [0.15, 0.2) is 60.9 Å². The number of carbonyl (C=O) groups excluding carboxylic acids is 1. The third kappa shape index (κ3) is 2.99. The highest BCUT2D eigenvalue weighted by molar-refractivity contribution is 5.71.